The summed E-state index contributed by atoms with van der Waals surface area (Å²) in [5.41, 5.74) is 1.00. The van der Waals surface area contributed by atoms with Crippen molar-refractivity contribution in [3.05, 3.63) is 83.6 Å². The molecule has 4 aromatic rings. The van der Waals surface area contributed by atoms with Crippen molar-refractivity contribution in [1.29, 1.82) is 0 Å². The third-order valence-electron chi connectivity index (χ3n) is 5.88. The van der Waals surface area contributed by atoms with Gasteiger partial charge in [0.25, 0.3) is 0 Å². The van der Waals surface area contributed by atoms with Crippen molar-refractivity contribution in [3.63, 3.8) is 0 Å². The van der Waals surface area contributed by atoms with Crippen molar-refractivity contribution in [1.82, 2.24) is 9.97 Å². The molecule has 1 aliphatic heterocycles. The van der Waals surface area contributed by atoms with E-state index in [1.165, 1.54) is 6.33 Å². The SMILES string of the molecule is OCC1CC(O)(C#Cc2ccc3ncnc(Nc4ccc(Oc5ccccc5)c(Cl)c4)c3c2)CCO1. The number of hydrogen-bond donors (Lipinski definition) is 3. The van der Waals surface area contributed by atoms with Crippen LogP contribution in [0.3, 0.4) is 0 Å². The van der Waals surface area contributed by atoms with Gasteiger partial charge >= 0.3 is 0 Å². The molecule has 182 valence electrons. The minimum absolute atomic E-state index is 0.143. The Morgan fingerprint density at radius 2 is 1.97 bits per heavy atom. The first-order chi connectivity index (χ1) is 17.5. The molecule has 2 unspecified atom stereocenters. The quantitative estimate of drug-likeness (QED) is 0.328. The maximum Gasteiger partial charge on any atom is 0.146 e. The number of rotatable bonds is 5. The second-order valence-electron chi connectivity index (χ2n) is 8.55. The van der Waals surface area contributed by atoms with Crippen molar-refractivity contribution < 1.29 is 19.7 Å². The number of benzene rings is 3. The molecule has 0 spiro atoms. The number of anilines is 2. The molecule has 7 nitrogen and oxygen atoms in total. The zero-order valence-corrected chi connectivity index (χ0v) is 20.1. The molecule has 1 aliphatic rings. The number of aromatic nitrogens is 2. The molecule has 0 aliphatic carbocycles. The fourth-order valence-corrected chi connectivity index (χ4v) is 4.22. The molecular weight excluding hydrogens is 478 g/mol. The summed E-state index contributed by atoms with van der Waals surface area (Å²) in [6.07, 6.45) is 1.75. The number of ether oxygens (including phenoxy) is 2. The summed E-state index contributed by atoms with van der Waals surface area (Å²) < 4.78 is 11.3. The molecule has 3 aromatic carbocycles. The van der Waals surface area contributed by atoms with E-state index in [1.54, 1.807) is 12.1 Å². The number of aliphatic hydroxyl groups excluding tert-OH is 1. The Morgan fingerprint density at radius 3 is 2.78 bits per heavy atom. The second kappa shape index (κ2) is 10.5. The summed E-state index contributed by atoms with van der Waals surface area (Å²) in [6, 6.07) is 20.5. The van der Waals surface area contributed by atoms with Crippen LogP contribution in [0.25, 0.3) is 10.9 Å². The van der Waals surface area contributed by atoms with Gasteiger partial charge in [0.1, 0.15) is 29.2 Å². The van der Waals surface area contributed by atoms with Crippen LogP contribution >= 0.6 is 11.6 Å². The lowest BCUT2D eigenvalue weighted by molar-refractivity contribution is -0.0905. The highest BCUT2D eigenvalue weighted by Crippen LogP contribution is 2.33. The lowest BCUT2D eigenvalue weighted by Gasteiger charge is -2.32. The monoisotopic (exact) mass is 501 g/mol. The lowest BCUT2D eigenvalue weighted by atomic mass is 9.91. The highest BCUT2D eigenvalue weighted by molar-refractivity contribution is 6.32. The van der Waals surface area contributed by atoms with Crippen LogP contribution in [0.4, 0.5) is 11.5 Å². The maximum atomic E-state index is 10.8. The van der Waals surface area contributed by atoms with Gasteiger partial charge in [0.05, 0.1) is 29.9 Å². The largest absolute Gasteiger partial charge is 0.456 e. The third kappa shape index (κ3) is 5.59. The summed E-state index contributed by atoms with van der Waals surface area (Å²) >= 11 is 6.47. The van der Waals surface area contributed by atoms with Crippen LogP contribution in [0.1, 0.15) is 18.4 Å². The van der Waals surface area contributed by atoms with E-state index >= 15 is 0 Å². The van der Waals surface area contributed by atoms with Gasteiger partial charge in [-0.15, -0.1) is 0 Å². The van der Waals surface area contributed by atoms with Gasteiger partial charge in [-0.3, -0.25) is 0 Å². The van der Waals surface area contributed by atoms with E-state index in [0.717, 1.165) is 16.6 Å². The van der Waals surface area contributed by atoms with E-state index in [2.05, 4.69) is 27.1 Å². The smallest absolute Gasteiger partial charge is 0.146 e. The molecule has 3 N–H and O–H groups in total. The van der Waals surface area contributed by atoms with E-state index in [4.69, 9.17) is 21.1 Å². The number of nitrogens with one attached hydrogen (secondary N) is 1. The first-order valence-electron chi connectivity index (χ1n) is 11.5. The molecule has 36 heavy (non-hydrogen) atoms. The zero-order valence-electron chi connectivity index (χ0n) is 19.3. The minimum Gasteiger partial charge on any atom is -0.456 e. The molecular formula is C28H24ClN3O4. The maximum absolute atomic E-state index is 10.8. The van der Waals surface area contributed by atoms with Gasteiger partial charge in [-0.1, -0.05) is 41.6 Å². The summed E-state index contributed by atoms with van der Waals surface area (Å²) in [7, 11) is 0. The molecule has 1 fully saturated rings. The lowest BCUT2D eigenvalue weighted by Crippen LogP contribution is -2.41. The van der Waals surface area contributed by atoms with Gasteiger partial charge in [-0.2, -0.15) is 0 Å². The van der Waals surface area contributed by atoms with E-state index in [9.17, 15) is 10.2 Å². The van der Waals surface area contributed by atoms with Gasteiger partial charge in [-0.25, -0.2) is 9.97 Å². The fourth-order valence-electron chi connectivity index (χ4n) is 4.00. The Kier molecular flexibility index (Phi) is 7.03. The number of aliphatic hydroxyl groups is 2. The van der Waals surface area contributed by atoms with Gasteiger partial charge in [0.15, 0.2) is 0 Å². The third-order valence-corrected chi connectivity index (χ3v) is 6.17. The molecule has 0 saturated carbocycles. The van der Waals surface area contributed by atoms with Crippen molar-refractivity contribution in [2.24, 2.45) is 0 Å². The molecule has 8 heteroatoms. The van der Waals surface area contributed by atoms with Crippen LogP contribution in [-0.4, -0.2) is 45.1 Å². The summed E-state index contributed by atoms with van der Waals surface area (Å²) in [4.78, 5) is 8.76. The number of fused-ring (bicyclic) bond motifs is 1. The van der Waals surface area contributed by atoms with Gasteiger partial charge in [-0.05, 0) is 48.5 Å². The van der Waals surface area contributed by atoms with Crippen molar-refractivity contribution in [2.45, 2.75) is 24.5 Å². The number of hydrogen-bond acceptors (Lipinski definition) is 7. The van der Waals surface area contributed by atoms with Crippen LogP contribution in [0.2, 0.25) is 5.02 Å². The van der Waals surface area contributed by atoms with E-state index < -0.39 is 11.7 Å². The van der Waals surface area contributed by atoms with Crippen molar-refractivity contribution in [2.75, 3.05) is 18.5 Å². The first kappa shape index (κ1) is 24.0. The summed E-state index contributed by atoms with van der Waals surface area (Å²) in [6.45, 7) is 0.212. The summed E-state index contributed by atoms with van der Waals surface area (Å²) in [5, 5.41) is 24.7. The molecule has 2 heterocycles. The fraction of sp³-hybridized carbons (Fsp3) is 0.214. The number of nitrogens with zero attached hydrogens (tertiary/aromatic N) is 2. The van der Waals surface area contributed by atoms with Crippen molar-refractivity contribution in [3.8, 4) is 23.3 Å². The van der Waals surface area contributed by atoms with Crippen LogP contribution in [0.5, 0.6) is 11.5 Å². The minimum atomic E-state index is -1.20. The van der Waals surface area contributed by atoms with E-state index in [1.807, 2.05) is 54.6 Å². The first-order valence-corrected chi connectivity index (χ1v) is 11.9. The zero-order chi connectivity index (χ0) is 25.0. The number of halogens is 1. The topological polar surface area (TPSA) is 96.7 Å². The molecule has 0 radical (unpaired) electrons. The Balaban J connectivity index is 1.38. The normalized spacial score (nSPS) is 19.4. The Labute approximate surface area is 213 Å². The average Bonchev–Trinajstić information content (AvgIpc) is 2.90. The predicted molar refractivity (Wildman–Crippen MR) is 139 cm³/mol. The van der Waals surface area contributed by atoms with E-state index in [-0.39, 0.29) is 13.0 Å². The average molecular weight is 502 g/mol. The highest BCUT2D eigenvalue weighted by Gasteiger charge is 2.33. The molecule has 5 rings (SSSR count). The van der Waals surface area contributed by atoms with Gasteiger partial charge < -0.3 is 25.0 Å². The Morgan fingerprint density at radius 1 is 1.11 bits per heavy atom. The van der Waals surface area contributed by atoms with Crippen LogP contribution in [-0.2, 0) is 4.74 Å². The van der Waals surface area contributed by atoms with Crippen molar-refractivity contribution >= 4 is 34.0 Å². The molecule has 1 saturated heterocycles. The molecule has 2 atom stereocenters. The van der Waals surface area contributed by atoms with E-state index in [0.29, 0.717) is 40.9 Å². The molecule has 0 amide bonds. The Hall–Kier alpha value is -3.67. The van der Waals surface area contributed by atoms with Crippen LogP contribution < -0.4 is 10.1 Å². The van der Waals surface area contributed by atoms with Crippen LogP contribution in [0, 0.1) is 11.8 Å². The molecule has 1 aromatic heterocycles. The highest BCUT2D eigenvalue weighted by atomic mass is 35.5. The predicted octanol–water partition coefficient (Wildman–Crippen LogP) is 5.07. The molecule has 0 bridgehead atoms. The summed E-state index contributed by atoms with van der Waals surface area (Å²) in [5.74, 6) is 7.88. The second-order valence-corrected chi connectivity index (χ2v) is 8.96. The van der Waals surface area contributed by atoms with Crippen LogP contribution in [0.15, 0.2) is 73.1 Å². The number of para-hydroxylation sites is 1. The standard InChI is InChI=1S/C28H24ClN3O4/c29-24-15-20(7-9-26(24)36-21-4-2-1-3-5-21)32-27-23-14-19(6-8-25(23)30-18-31-27)10-11-28(34)12-13-35-22(16-28)17-33/h1-9,14-15,18,22,33-34H,12-13,16-17H2,(H,30,31,32). The van der Waals surface area contributed by atoms with Gasteiger partial charge in [0, 0.05) is 29.5 Å². The van der Waals surface area contributed by atoms with Gasteiger partial charge in [0.2, 0.25) is 0 Å². The Bertz CT molecular complexity index is 1440.